The van der Waals surface area contributed by atoms with Crippen LogP contribution in [0.1, 0.15) is 15.9 Å². The number of esters is 1. The van der Waals surface area contributed by atoms with Crippen LogP contribution in [0.2, 0.25) is 5.02 Å². The van der Waals surface area contributed by atoms with Crippen LogP contribution >= 0.6 is 23.8 Å². The van der Waals surface area contributed by atoms with Gasteiger partial charge in [0, 0.05) is 5.02 Å². The number of nitrogens with one attached hydrogen (secondary N) is 1. The molecule has 7 nitrogen and oxygen atoms in total. The standard InChI is InChI=1S/C17H13ClN4O3S/c1-24-15-8-11(9-20-22-10-19-21-17(22)26)2-7-14(15)25-16(23)12-3-5-13(18)6-4-12/h2-10H,1H3,(H,21,26)/b20-9-. The molecule has 132 valence electrons. The Morgan fingerprint density at radius 1 is 1.27 bits per heavy atom. The fourth-order valence-corrected chi connectivity index (χ4v) is 2.32. The van der Waals surface area contributed by atoms with Crippen molar-refractivity contribution in [3.63, 3.8) is 0 Å². The van der Waals surface area contributed by atoms with Gasteiger partial charge < -0.3 is 9.47 Å². The second-order valence-electron chi connectivity index (χ2n) is 5.06. The molecule has 0 fully saturated rings. The maximum Gasteiger partial charge on any atom is 0.343 e. The SMILES string of the molecule is COc1cc(/C=N\n2cn[nH]c2=S)ccc1OC(=O)c1ccc(Cl)cc1. The van der Waals surface area contributed by atoms with Gasteiger partial charge in [0.05, 0.1) is 18.9 Å². The number of rotatable bonds is 5. The van der Waals surface area contributed by atoms with E-state index in [0.717, 1.165) is 5.56 Å². The van der Waals surface area contributed by atoms with Crippen LogP contribution in [0.4, 0.5) is 0 Å². The topological polar surface area (TPSA) is 81.5 Å². The van der Waals surface area contributed by atoms with Crippen LogP contribution in [-0.4, -0.2) is 34.2 Å². The minimum atomic E-state index is -0.508. The summed E-state index contributed by atoms with van der Waals surface area (Å²) < 4.78 is 12.5. The van der Waals surface area contributed by atoms with Crippen molar-refractivity contribution in [2.45, 2.75) is 0 Å². The maximum absolute atomic E-state index is 12.2. The second-order valence-corrected chi connectivity index (χ2v) is 5.88. The Kier molecular flexibility index (Phi) is 5.45. The Hall–Kier alpha value is -2.97. The van der Waals surface area contributed by atoms with E-state index in [9.17, 15) is 4.79 Å². The lowest BCUT2D eigenvalue weighted by Gasteiger charge is -2.10. The van der Waals surface area contributed by atoms with E-state index in [1.807, 2.05) is 0 Å². The number of nitrogens with zero attached hydrogens (tertiary/aromatic N) is 3. The number of halogens is 1. The van der Waals surface area contributed by atoms with E-state index in [4.69, 9.17) is 33.3 Å². The van der Waals surface area contributed by atoms with Gasteiger partial charge in [-0.25, -0.2) is 4.79 Å². The lowest BCUT2D eigenvalue weighted by atomic mass is 10.2. The normalized spacial score (nSPS) is 10.8. The third-order valence-electron chi connectivity index (χ3n) is 3.34. The summed E-state index contributed by atoms with van der Waals surface area (Å²) in [6, 6.07) is 11.5. The number of aromatic nitrogens is 3. The summed E-state index contributed by atoms with van der Waals surface area (Å²) in [7, 11) is 1.49. The molecular formula is C17H13ClN4O3S. The first kappa shape index (κ1) is 17.8. The number of benzene rings is 2. The van der Waals surface area contributed by atoms with Crippen molar-refractivity contribution >= 4 is 36.0 Å². The molecule has 1 aromatic heterocycles. The summed E-state index contributed by atoms with van der Waals surface area (Å²) in [6.45, 7) is 0. The van der Waals surface area contributed by atoms with Crippen molar-refractivity contribution in [2.24, 2.45) is 5.10 Å². The van der Waals surface area contributed by atoms with Gasteiger partial charge in [0.15, 0.2) is 11.5 Å². The number of ether oxygens (including phenoxy) is 2. The van der Waals surface area contributed by atoms with Gasteiger partial charge >= 0.3 is 5.97 Å². The molecule has 0 unspecified atom stereocenters. The third kappa shape index (κ3) is 4.16. The molecule has 3 rings (SSSR count). The molecule has 3 aromatic rings. The zero-order chi connectivity index (χ0) is 18.5. The van der Waals surface area contributed by atoms with Gasteiger partial charge in [0.25, 0.3) is 0 Å². The Morgan fingerprint density at radius 2 is 2.04 bits per heavy atom. The molecule has 0 radical (unpaired) electrons. The van der Waals surface area contributed by atoms with Crippen molar-refractivity contribution in [3.8, 4) is 11.5 Å². The van der Waals surface area contributed by atoms with E-state index in [1.165, 1.54) is 18.1 Å². The summed E-state index contributed by atoms with van der Waals surface area (Å²) >= 11 is 10.8. The van der Waals surface area contributed by atoms with E-state index in [1.54, 1.807) is 48.7 Å². The average Bonchev–Trinajstić information content (AvgIpc) is 3.06. The number of methoxy groups -OCH3 is 1. The molecule has 0 bridgehead atoms. The Bertz CT molecular complexity index is 1010. The second kappa shape index (κ2) is 7.94. The fraction of sp³-hybridized carbons (Fsp3) is 0.0588. The molecular weight excluding hydrogens is 376 g/mol. The van der Waals surface area contributed by atoms with Crippen molar-refractivity contribution < 1.29 is 14.3 Å². The molecule has 0 aliphatic carbocycles. The Morgan fingerprint density at radius 3 is 2.69 bits per heavy atom. The molecule has 0 aliphatic heterocycles. The molecule has 2 aromatic carbocycles. The van der Waals surface area contributed by atoms with Crippen LogP contribution in [0, 0.1) is 4.77 Å². The monoisotopic (exact) mass is 388 g/mol. The minimum absolute atomic E-state index is 0.296. The fourth-order valence-electron chi connectivity index (χ4n) is 2.05. The van der Waals surface area contributed by atoms with Gasteiger partial charge in [-0.05, 0) is 60.2 Å². The lowest BCUT2D eigenvalue weighted by Crippen LogP contribution is -2.09. The molecule has 1 heterocycles. The van der Waals surface area contributed by atoms with Gasteiger partial charge in [-0.3, -0.25) is 5.10 Å². The summed E-state index contributed by atoms with van der Waals surface area (Å²) in [5.41, 5.74) is 1.12. The highest BCUT2D eigenvalue weighted by Gasteiger charge is 2.12. The van der Waals surface area contributed by atoms with Gasteiger partial charge in [0.2, 0.25) is 4.77 Å². The predicted molar refractivity (Wildman–Crippen MR) is 99.8 cm³/mol. The number of hydrogen-bond acceptors (Lipinski definition) is 6. The molecule has 0 aliphatic rings. The maximum atomic E-state index is 12.2. The van der Waals surface area contributed by atoms with Crippen LogP contribution in [0.15, 0.2) is 53.9 Å². The Labute approximate surface area is 158 Å². The van der Waals surface area contributed by atoms with Crippen LogP contribution < -0.4 is 9.47 Å². The van der Waals surface area contributed by atoms with Gasteiger partial charge in [-0.1, -0.05) is 11.6 Å². The molecule has 26 heavy (non-hydrogen) atoms. The zero-order valence-electron chi connectivity index (χ0n) is 13.5. The van der Waals surface area contributed by atoms with E-state index in [0.29, 0.717) is 26.9 Å². The highest BCUT2D eigenvalue weighted by molar-refractivity contribution is 7.71. The minimum Gasteiger partial charge on any atom is -0.493 e. The number of carbonyl (C=O) groups is 1. The first-order valence-electron chi connectivity index (χ1n) is 7.39. The Balaban J connectivity index is 1.79. The van der Waals surface area contributed by atoms with E-state index >= 15 is 0 Å². The van der Waals surface area contributed by atoms with E-state index < -0.39 is 5.97 Å². The number of aromatic amines is 1. The molecule has 0 saturated heterocycles. The highest BCUT2D eigenvalue weighted by Crippen LogP contribution is 2.28. The molecule has 0 spiro atoms. The zero-order valence-corrected chi connectivity index (χ0v) is 15.1. The summed E-state index contributed by atoms with van der Waals surface area (Å²) in [5, 5.41) is 11.1. The molecule has 0 atom stereocenters. The average molecular weight is 389 g/mol. The van der Waals surface area contributed by atoms with Crippen molar-refractivity contribution in [1.29, 1.82) is 0 Å². The van der Waals surface area contributed by atoms with Crippen molar-refractivity contribution in [1.82, 2.24) is 14.9 Å². The van der Waals surface area contributed by atoms with Crippen molar-refractivity contribution in [3.05, 3.63) is 69.7 Å². The number of carbonyl (C=O) groups excluding carboxylic acids is 1. The van der Waals surface area contributed by atoms with Gasteiger partial charge in [-0.2, -0.15) is 14.9 Å². The smallest absolute Gasteiger partial charge is 0.343 e. The lowest BCUT2D eigenvalue weighted by molar-refractivity contribution is 0.0729. The van der Waals surface area contributed by atoms with Crippen molar-refractivity contribution in [2.75, 3.05) is 7.11 Å². The molecule has 0 saturated carbocycles. The molecule has 9 heteroatoms. The van der Waals surface area contributed by atoms with Crippen LogP contribution in [0.25, 0.3) is 0 Å². The molecule has 1 N–H and O–H groups in total. The molecule has 0 amide bonds. The van der Waals surface area contributed by atoms with Crippen LogP contribution in [-0.2, 0) is 0 Å². The predicted octanol–water partition coefficient (Wildman–Crippen LogP) is 3.70. The largest absolute Gasteiger partial charge is 0.493 e. The highest BCUT2D eigenvalue weighted by atomic mass is 35.5. The quantitative estimate of drug-likeness (QED) is 0.312. The third-order valence-corrected chi connectivity index (χ3v) is 3.87. The van der Waals surface area contributed by atoms with Gasteiger partial charge in [-0.15, -0.1) is 0 Å². The summed E-state index contributed by atoms with van der Waals surface area (Å²) in [5.74, 6) is 0.183. The number of H-pyrrole nitrogens is 1. The first-order valence-corrected chi connectivity index (χ1v) is 8.17. The van der Waals surface area contributed by atoms with Gasteiger partial charge in [0.1, 0.15) is 6.33 Å². The summed E-state index contributed by atoms with van der Waals surface area (Å²) in [4.78, 5) is 12.2. The van der Waals surface area contributed by atoms with Crippen LogP contribution in [0.3, 0.4) is 0 Å². The summed E-state index contributed by atoms with van der Waals surface area (Å²) in [6.07, 6.45) is 3.04. The van der Waals surface area contributed by atoms with E-state index in [-0.39, 0.29) is 0 Å². The van der Waals surface area contributed by atoms with E-state index in [2.05, 4.69) is 15.3 Å². The van der Waals surface area contributed by atoms with Crippen LogP contribution in [0.5, 0.6) is 11.5 Å². The number of hydrogen-bond donors (Lipinski definition) is 1. The first-order chi connectivity index (χ1) is 12.6.